The van der Waals surface area contributed by atoms with Crippen LogP contribution in [0, 0.1) is 0 Å². The van der Waals surface area contributed by atoms with E-state index in [2.05, 4.69) is 0 Å². The first-order chi connectivity index (χ1) is 11.7. The molecule has 5 nitrogen and oxygen atoms in total. The smallest absolute Gasteiger partial charge is 0.243 e. The van der Waals surface area contributed by atoms with Crippen molar-refractivity contribution < 1.29 is 13.2 Å². The standard InChI is InChI=1S/C17H18Cl2N2O3S/c1-20(11-13-3-5-14(18)6-4-13)17(22)12-21(2)25(23,24)16-9-7-15(19)8-10-16/h3-10H,11-12H2,1-2H3. The van der Waals surface area contributed by atoms with Gasteiger partial charge in [-0.15, -0.1) is 0 Å². The van der Waals surface area contributed by atoms with Gasteiger partial charge in [0.25, 0.3) is 0 Å². The van der Waals surface area contributed by atoms with E-state index in [1.54, 1.807) is 19.2 Å². The predicted molar refractivity (Wildman–Crippen MR) is 99.2 cm³/mol. The zero-order chi connectivity index (χ0) is 18.6. The van der Waals surface area contributed by atoms with Crippen LogP contribution in [0.5, 0.6) is 0 Å². The quantitative estimate of drug-likeness (QED) is 0.747. The number of benzene rings is 2. The van der Waals surface area contributed by atoms with Gasteiger partial charge in [-0.3, -0.25) is 4.79 Å². The van der Waals surface area contributed by atoms with Crippen LogP contribution in [0.4, 0.5) is 0 Å². The number of carbonyl (C=O) groups is 1. The van der Waals surface area contributed by atoms with Crippen molar-refractivity contribution in [1.29, 1.82) is 0 Å². The van der Waals surface area contributed by atoms with Crippen molar-refractivity contribution in [2.24, 2.45) is 0 Å². The third-order valence-electron chi connectivity index (χ3n) is 3.64. The number of hydrogen-bond acceptors (Lipinski definition) is 3. The molecule has 134 valence electrons. The number of rotatable bonds is 6. The van der Waals surface area contributed by atoms with Gasteiger partial charge in [-0.05, 0) is 42.0 Å². The summed E-state index contributed by atoms with van der Waals surface area (Å²) >= 11 is 11.6. The minimum atomic E-state index is -3.75. The van der Waals surface area contributed by atoms with Crippen LogP contribution >= 0.6 is 23.2 Å². The fourth-order valence-corrected chi connectivity index (χ4v) is 3.51. The molecule has 0 aliphatic rings. The lowest BCUT2D eigenvalue weighted by molar-refractivity contribution is -0.130. The Bertz CT molecular complexity index is 837. The van der Waals surface area contributed by atoms with Crippen LogP contribution < -0.4 is 0 Å². The number of halogens is 2. The van der Waals surface area contributed by atoms with Crippen molar-refractivity contribution in [3.63, 3.8) is 0 Å². The molecule has 0 saturated heterocycles. The van der Waals surface area contributed by atoms with Gasteiger partial charge in [-0.1, -0.05) is 35.3 Å². The van der Waals surface area contributed by atoms with Gasteiger partial charge in [0, 0.05) is 30.7 Å². The van der Waals surface area contributed by atoms with Crippen molar-refractivity contribution in [2.75, 3.05) is 20.6 Å². The van der Waals surface area contributed by atoms with Gasteiger partial charge in [-0.2, -0.15) is 4.31 Å². The summed E-state index contributed by atoms with van der Waals surface area (Å²) in [7, 11) is -0.755. The summed E-state index contributed by atoms with van der Waals surface area (Å²) in [4.78, 5) is 13.9. The number of sulfonamides is 1. The van der Waals surface area contributed by atoms with E-state index in [0.29, 0.717) is 16.6 Å². The highest BCUT2D eigenvalue weighted by atomic mass is 35.5. The number of amides is 1. The van der Waals surface area contributed by atoms with Crippen LogP contribution in [0.25, 0.3) is 0 Å². The Hall–Kier alpha value is -1.60. The summed E-state index contributed by atoms with van der Waals surface area (Å²) in [5.74, 6) is -0.310. The largest absolute Gasteiger partial charge is 0.340 e. The maximum absolute atomic E-state index is 12.5. The van der Waals surface area contributed by atoms with Gasteiger partial charge in [0.1, 0.15) is 0 Å². The number of likely N-dealkylation sites (N-methyl/N-ethyl adjacent to an activating group) is 2. The average Bonchev–Trinajstić information content (AvgIpc) is 2.57. The Labute approximate surface area is 157 Å². The molecule has 2 aromatic carbocycles. The molecular weight excluding hydrogens is 383 g/mol. The molecule has 2 rings (SSSR count). The van der Waals surface area contributed by atoms with E-state index in [-0.39, 0.29) is 17.3 Å². The highest BCUT2D eigenvalue weighted by molar-refractivity contribution is 7.89. The summed E-state index contributed by atoms with van der Waals surface area (Å²) in [6.07, 6.45) is 0. The average molecular weight is 401 g/mol. The van der Waals surface area contributed by atoms with Gasteiger partial charge in [-0.25, -0.2) is 8.42 Å². The highest BCUT2D eigenvalue weighted by Gasteiger charge is 2.24. The summed E-state index contributed by atoms with van der Waals surface area (Å²) < 4.78 is 26.0. The Morgan fingerprint density at radius 1 is 0.920 bits per heavy atom. The SMILES string of the molecule is CN(Cc1ccc(Cl)cc1)C(=O)CN(C)S(=O)(=O)c1ccc(Cl)cc1. The zero-order valence-corrected chi connectivity index (χ0v) is 16.1. The number of carbonyl (C=O) groups excluding carboxylic acids is 1. The molecule has 2 aromatic rings. The summed E-state index contributed by atoms with van der Waals surface area (Å²) in [6.45, 7) is 0.111. The molecule has 0 atom stereocenters. The van der Waals surface area contributed by atoms with E-state index < -0.39 is 10.0 Å². The first kappa shape index (κ1) is 19.7. The lowest BCUT2D eigenvalue weighted by Gasteiger charge is -2.22. The van der Waals surface area contributed by atoms with E-state index in [4.69, 9.17) is 23.2 Å². The maximum atomic E-state index is 12.5. The molecule has 0 aliphatic heterocycles. The van der Waals surface area contributed by atoms with Crippen LogP contribution in [0.2, 0.25) is 10.0 Å². The normalized spacial score (nSPS) is 11.6. The molecule has 8 heteroatoms. The molecule has 0 N–H and O–H groups in total. The Balaban J connectivity index is 2.03. The molecule has 25 heavy (non-hydrogen) atoms. The van der Waals surface area contributed by atoms with Crippen LogP contribution in [-0.2, 0) is 21.4 Å². The first-order valence-corrected chi connectivity index (χ1v) is 9.60. The van der Waals surface area contributed by atoms with Gasteiger partial charge in [0.2, 0.25) is 15.9 Å². The van der Waals surface area contributed by atoms with Gasteiger partial charge in [0.15, 0.2) is 0 Å². The second-order valence-electron chi connectivity index (χ2n) is 5.59. The predicted octanol–water partition coefficient (Wildman–Crippen LogP) is 3.27. The second kappa shape index (κ2) is 8.19. The molecule has 0 bridgehead atoms. The molecule has 0 heterocycles. The number of nitrogens with zero attached hydrogens (tertiary/aromatic N) is 2. The molecule has 1 amide bonds. The molecule has 0 radical (unpaired) electrons. The third kappa shape index (κ3) is 5.19. The zero-order valence-electron chi connectivity index (χ0n) is 13.8. The van der Waals surface area contributed by atoms with Crippen molar-refractivity contribution in [3.8, 4) is 0 Å². The van der Waals surface area contributed by atoms with E-state index in [1.165, 1.54) is 36.2 Å². The van der Waals surface area contributed by atoms with E-state index in [0.717, 1.165) is 9.87 Å². The van der Waals surface area contributed by atoms with Gasteiger partial charge >= 0.3 is 0 Å². The second-order valence-corrected chi connectivity index (χ2v) is 8.51. The minimum absolute atomic E-state index is 0.0903. The van der Waals surface area contributed by atoms with Crippen LogP contribution in [0.3, 0.4) is 0 Å². The Kier molecular flexibility index (Phi) is 6.46. The molecular formula is C17H18Cl2N2O3S. The molecule has 0 saturated carbocycles. The maximum Gasteiger partial charge on any atom is 0.243 e. The Morgan fingerprint density at radius 2 is 1.40 bits per heavy atom. The highest BCUT2D eigenvalue weighted by Crippen LogP contribution is 2.18. The van der Waals surface area contributed by atoms with Crippen molar-refractivity contribution >= 4 is 39.1 Å². The molecule has 0 aromatic heterocycles. The van der Waals surface area contributed by atoms with Crippen molar-refractivity contribution in [2.45, 2.75) is 11.4 Å². The van der Waals surface area contributed by atoms with Crippen LogP contribution in [0.1, 0.15) is 5.56 Å². The Morgan fingerprint density at radius 3 is 1.92 bits per heavy atom. The molecule has 0 fully saturated rings. The number of hydrogen-bond donors (Lipinski definition) is 0. The summed E-state index contributed by atoms with van der Waals surface area (Å²) in [5.41, 5.74) is 0.906. The van der Waals surface area contributed by atoms with E-state index in [9.17, 15) is 13.2 Å². The third-order valence-corrected chi connectivity index (χ3v) is 5.96. The fourth-order valence-electron chi connectivity index (χ4n) is 2.13. The molecule has 0 aliphatic carbocycles. The van der Waals surface area contributed by atoms with E-state index >= 15 is 0 Å². The van der Waals surface area contributed by atoms with Gasteiger partial charge < -0.3 is 4.90 Å². The molecule has 0 unspecified atom stereocenters. The minimum Gasteiger partial charge on any atom is -0.340 e. The molecule has 0 spiro atoms. The lowest BCUT2D eigenvalue weighted by atomic mass is 10.2. The van der Waals surface area contributed by atoms with Crippen LogP contribution in [0.15, 0.2) is 53.4 Å². The summed E-state index contributed by atoms with van der Waals surface area (Å²) in [5, 5.41) is 1.06. The first-order valence-electron chi connectivity index (χ1n) is 7.40. The van der Waals surface area contributed by atoms with Crippen LogP contribution in [-0.4, -0.2) is 44.2 Å². The lowest BCUT2D eigenvalue weighted by Crippen LogP contribution is -2.39. The van der Waals surface area contributed by atoms with Crippen molar-refractivity contribution in [1.82, 2.24) is 9.21 Å². The fraction of sp³-hybridized carbons (Fsp3) is 0.235. The summed E-state index contributed by atoms with van der Waals surface area (Å²) in [6, 6.07) is 12.9. The topological polar surface area (TPSA) is 57.7 Å². The van der Waals surface area contributed by atoms with Gasteiger partial charge in [0.05, 0.1) is 11.4 Å². The van der Waals surface area contributed by atoms with E-state index in [1.807, 2.05) is 12.1 Å². The van der Waals surface area contributed by atoms with Crippen molar-refractivity contribution in [3.05, 3.63) is 64.1 Å². The monoisotopic (exact) mass is 400 g/mol.